The Labute approximate surface area is 136 Å². The Balaban J connectivity index is 1.71. The molecule has 1 aromatic carbocycles. The lowest BCUT2D eigenvalue weighted by Gasteiger charge is -2.39. The van der Waals surface area contributed by atoms with Crippen LogP contribution in [0.25, 0.3) is 0 Å². The predicted octanol–water partition coefficient (Wildman–Crippen LogP) is 1.02. The van der Waals surface area contributed by atoms with Gasteiger partial charge in [0.15, 0.2) is 0 Å². The van der Waals surface area contributed by atoms with Crippen molar-refractivity contribution in [1.29, 1.82) is 0 Å². The zero-order valence-electron chi connectivity index (χ0n) is 13.5. The van der Waals surface area contributed by atoms with Gasteiger partial charge in [0, 0.05) is 44.3 Å². The van der Waals surface area contributed by atoms with Crippen LogP contribution >= 0.6 is 0 Å². The SMILES string of the molecule is C[C@H]1COCCN1CCN1CCNC(=O)[C@H]1c1ccccc1F. The lowest BCUT2D eigenvalue weighted by molar-refractivity contribution is -0.129. The van der Waals surface area contributed by atoms with E-state index < -0.39 is 6.04 Å². The average molecular weight is 321 g/mol. The second-order valence-corrected chi connectivity index (χ2v) is 6.21. The Morgan fingerprint density at radius 3 is 2.83 bits per heavy atom. The molecule has 0 spiro atoms. The molecule has 2 aliphatic heterocycles. The van der Waals surface area contributed by atoms with Gasteiger partial charge in [-0.3, -0.25) is 14.6 Å². The number of carbonyl (C=O) groups is 1. The van der Waals surface area contributed by atoms with Crippen LogP contribution in [0.4, 0.5) is 4.39 Å². The zero-order chi connectivity index (χ0) is 16.2. The molecule has 2 heterocycles. The number of ether oxygens (including phenoxy) is 1. The van der Waals surface area contributed by atoms with Crippen LogP contribution in [0.1, 0.15) is 18.5 Å². The summed E-state index contributed by atoms with van der Waals surface area (Å²) in [5, 5.41) is 2.85. The number of hydrogen-bond acceptors (Lipinski definition) is 4. The molecule has 1 aromatic rings. The number of nitrogens with zero attached hydrogens (tertiary/aromatic N) is 2. The third-order valence-corrected chi connectivity index (χ3v) is 4.69. The number of morpholine rings is 1. The van der Waals surface area contributed by atoms with Gasteiger partial charge in [0.2, 0.25) is 5.91 Å². The Bertz CT molecular complexity index is 554. The number of rotatable bonds is 4. The van der Waals surface area contributed by atoms with E-state index in [1.54, 1.807) is 18.2 Å². The first-order valence-electron chi connectivity index (χ1n) is 8.25. The van der Waals surface area contributed by atoms with E-state index in [-0.39, 0.29) is 11.7 Å². The summed E-state index contributed by atoms with van der Waals surface area (Å²) < 4.78 is 19.6. The van der Waals surface area contributed by atoms with E-state index in [0.29, 0.717) is 18.2 Å². The Kier molecular flexibility index (Phi) is 5.25. The maximum absolute atomic E-state index is 14.1. The number of halogens is 1. The monoisotopic (exact) mass is 321 g/mol. The second kappa shape index (κ2) is 7.38. The Hall–Kier alpha value is -1.50. The highest BCUT2D eigenvalue weighted by atomic mass is 19.1. The Morgan fingerprint density at radius 2 is 2.04 bits per heavy atom. The van der Waals surface area contributed by atoms with Crippen molar-refractivity contribution < 1.29 is 13.9 Å². The van der Waals surface area contributed by atoms with Crippen molar-refractivity contribution in [2.45, 2.75) is 19.0 Å². The molecule has 23 heavy (non-hydrogen) atoms. The summed E-state index contributed by atoms with van der Waals surface area (Å²) in [6.07, 6.45) is 0. The molecule has 2 saturated heterocycles. The highest BCUT2D eigenvalue weighted by molar-refractivity contribution is 5.84. The van der Waals surface area contributed by atoms with Crippen molar-refractivity contribution in [2.24, 2.45) is 0 Å². The fraction of sp³-hybridized carbons (Fsp3) is 0.588. The highest BCUT2D eigenvalue weighted by Gasteiger charge is 2.33. The van der Waals surface area contributed by atoms with Crippen LogP contribution in [-0.4, -0.2) is 67.7 Å². The number of carbonyl (C=O) groups excluding carboxylic acids is 1. The molecule has 6 heteroatoms. The van der Waals surface area contributed by atoms with E-state index in [0.717, 1.165) is 39.4 Å². The summed E-state index contributed by atoms with van der Waals surface area (Å²) in [6, 6.07) is 6.40. The molecule has 2 aliphatic rings. The number of benzene rings is 1. The molecular weight excluding hydrogens is 297 g/mol. The van der Waals surface area contributed by atoms with Crippen molar-refractivity contribution in [1.82, 2.24) is 15.1 Å². The van der Waals surface area contributed by atoms with Crippen molar-refractivity contribution in [2.75, 3.05) is 45.9 Å². The number of hydrogen-bond donors (Lipinski definition) is 1. The topological polar surface area (TPSA) is 44.8 Å². The van der Waals surface area contributed by atoms with E-state index in [2.05, 4.69) is 22.0 Å². The molecule has 1 amide bonds. The minimum atomic E-state index is -0.540. The zero-order valence-corrected chi connectivity index (χ0v) is 13.5. The molecule has 0 unspecified atom stereocenters. The first-order chi connectivity index (χ1) is 11.2. The second-order valence-electron chi connectivity index (χ2n) is 6.21. The maximum Gasteiger partial charge on any atom is 0.242 e. The molecule has 0 bridgehead atoms. The molecule has 0 saturated carbocycles. The van der Waals surface area contributed by atoms with Gasteiger partial charge in [-0.25, -0.2) is 4.39 Å². The summed E-state index contributed by atoms with van der Waals surface area (Å²) >= 11 is 0. The molecular formula is C17H24FN3O2. The number of piperazine rings is 1. The van der Waals surface area contributed by atoms with Gasteiger partial charge < -0.3 is 10.1 Å². The van der Waals surface area contributed by atoms with Crippen LogP contribution in [0.3, 0.4) is 0 Å². The summed E-state index contributed by atoms with van der Waals surface area (Å²) in [4.78, 5) is 16.8. The molecule has 5 nitrogen and oxygen atoms in total. The molecule has 0 aromatic heterocycles. The quantitative estimate of drug-likeness (QED) is 0.899. The maximum atomic E-state index is 14.1. The molecule has 2 atom stereocenters. The van der Waals surface area contributed by atoms with Crippen molar-refractivity contribution >= 4 is 5.91 Å². The van der Waals surface area contributed by atoms with Crippen LogP contribution < -0.4 is 5.32 Å². The lowest BCUT2D eigenvalue weighted by Crippen LogP contribution is -2.53. The highest BCUT2D eigenvalue weighted by Crippen LogP contribution is 2.25. The fourth-order valence-electron chi connectivity index (χ4n) is 3.34. The van der Waals surface area contributed by atoms with Gasteiger partial charge in [-0.2, -0.15) is 0 Å². The lowest BCUT2D eigenvalue weighted by atomic mass is 10.0. The molecule has 0 aliphatic carbocycles. The average Bonchev–Trinajstić information content (AvgIpc) is 2.55. The summed E-state index contributed by atoms with van der Waals surface area (Å²) in [6.45, 7) is 7.52. The molecule has 1 N–H and O–H groups in total. The van der Waals surface area contributed by atoms with Crippen LogP contribution in [0.2, 0.25) is 0 Å². The summed E-state index contributed by atoms with van der Waals surface area (Å²) in [7, 11) is 0. The molecule has 0 radical (unpaired) electrons. The third-order valence-electron chi connectivity index (χ3n) is 4.69. The van der Waals surface area contributed by atoms with E-state index in [9.17, 15) is 9.18 Å². The summed E-state index contributed by atoms with van der Waals surface area (Å²) in [5.74, 6) is -0.435. The van der Waals surface area contributed by atoms with E-state index in [1.807, 2.05) is 0 Å². The van der Waals surface area contributed by atoms with Gasteiger partial charge in [0.1, 0.15) is 11.9 Å². The van der Waals surface area contributed by atoms with Crippen molar-refractivity contribution in [3.63, 3.8) is 0 Å². The largest absolute Gasteiger partial charge is 0.379 e. The first-order valence-corrected chi connectivity index (χ1v) is 8.25. The Morgan fingerprint density at radius 1 is 1.26 bits per heavy atom. The van der Waals surface area contributed by atoms with Crippen LogP contribution in [0.15, 0.2) is 24.3 Å². The number of amides is 1. The third kappa shape index (κ3) is 3.71. The predicted molar refractivity (Wildman–Crippen MR) is 85.6 cm³/mol. The fourth-order valence-corrected chi connectivity index (χ4v) is 3.34. The van der Waals surface area contributed by atoms with Gasteiger partial charge in [-0.1, -0.05) is 18.2 Å². The van der Waals surface area contributed by atoms with Crippen LogP contribution in [-0.2, 0) is 9.53 Å². The molecule has 2 fully saturated rings. The van der Waals surface area contributed by atoms with Crippen LogP contribution in [0.5, 0.6) is 0 Å². The minimum absolute atomic E-state index is 0.114. The normalized spacial score (nSPS) is 27.0. The smallest absolute Gasteiger partial charge is 0.242 e. The minimum Gasteiger partial charge on any atom is -0.379 e. The summed E-state index contributed by atoms with van der Waals surface area (Å²) in [5.41, 5.74) is 0.458. The van der Waals surface area contributed by atoms with Crippen molar-refractivity contribution in [3.8, 4) is 0 Å². The molecule has 3 rings (SSSR count). The van der Waals surface area contributed by atoms with E-state index in [1.165, 1.54) is 6.07 Å². The first kappa shape index (κ1) is 16.4. The number of nitrogens with one attached hydrogen (secondary N) is 1. The van der Waals surface area contributed by atoms with Gasteiger partial charge >= 0.3 is 0 Å². The van der Waals surface area contributed by atoms with E-state index in [4.69, 9.17) is 4.74 Å². The van der Waals surface area contributed by atoms with E-state index >= 15 is 0 Å². The van der Waals surface area contributed by atoms with Crippen LogP contribution in [0, 0.1) is 5.82 Å². The molecule has 126 valence electrons. The van der Waals surface area contributed by atoms with Gasteiger partial charge in [0.05, 0.1) is 13.2 Å². The van der Waals surface area contributed by atoms with Gasteiger partial charge in [-0.05, 0) is 13.0 Å². The van der Waals surface area contributed by atoms with Gasteiger partial charge in [0.25, 0.3) is 0 Å². The standard InChI is InChI=1S/C17H24FN3O2/c1-13-12-23-11-10-20(13)8-9-21-7-6-19-17(22)16(21)14-4-2-3-5-15(14)18/h2-5,13,16H,6-12H2,1H3,(H,19,22)/t13-,16+/m0/s1. The van der Waals surface area contributed by atoms with Crippen molar-refractivity contribution in [3.05, 3.63) is 35.6 Å². The van der Waals surface area contributed by atoms with Gasteiger partial charge in [-0.15, -0.1) is 0 Å².